The van der Waals surface area contributed by atoms with Crippen molar-refractivity contribution >= 4 is 21.9 Å². The van der Waals surface area contributed by atoms with Crippen LogP contribution in [0.1, 0.15) is 34.3 Å². The van der Waals surface area contributed by atoms with E-state index in [-0.39, 0.29) is 16.4 Å². The van der Waals surface area contributed by atoms with Gasteiger partial charge in [0.25, 0.3) is 5.91 Å². The number of rotatable bonds is 7. The number of amides is 1. The molecule has 2 heterocycles. The fraction of sp³-hybridized carbons (Fsp3) is 0.417. The summed E-state index contributed by atoms with van der Waals surface area (Å²) < 4.78 is 42.9. The van der Waals surface area contributed by atoms with E-state index in [1.807, 2.05) is 12.1 Å². The molecule has 0 bridgehead atoms. The monoisotopic (exact) mass is 488 g/mol. The van der Waals surface area contributed by atoms with Crippen molar-refractivity contribution in [2.24, 2.45) is 0 Å². The fourth-order valence-electron chi connectivity index (χ4n) is 4.26. The van der Waals surface area contributed by atoms with E-state index in [1.165, 1.54) is 28.6 Å². The van der Waals surface area contributed by atoms with Crippen molar-refractivity contribution in [3.63, 3.8) is 0 Å². The minimum Gasteiger partial charge on any atom is -0.493 e. The predicted molar refractivity (Wildman–Crippen MR) is 123 cm³/mol. The van der Waals surface area contributed by atoms with Gasteiger partial charge in [-0.1, -0.05) is 6.07 Å². The third kappa shape index (κ3) is 4.88. The lowest BCUT2D eigenvalue weighted by Gasteiger charge is -2.29. The van der Waals surface area contributed by atoms with Gasteiger partial charge in [0.15, 0.2) is 18.1 Å². The van der Waals surface area contributed by atoms with Gasteiger partial charge in [-0.15, -0.1) is 0 Å². The second-order valence-corrected chi connectivity index (χ2v) is 10.2. The van der Waals surface area contributed by atoms with Gasteiger partial charge in [0.05, 0.1) is 24.7 Å². The van der Waals surface area contributed by atoms with Gasteiger partial charge in [-0.05, 0) is 60.7 Å². The Balaban J connectivity index is 1.39. The third-order valence-corrected chi connectivity index (χ3v) is 8.06. The molecule has 2 aromatic rings. The van der Waals surface area contributed by atoms with Crippen molar-refractivity contribution in [3.05, 3.63) is 53.1 Å². The molecule has 1 fully saturated rings. The molecular formula is C24H28N2O7S. The molecule has 9 nitrogen and oxygen atoms in total. The van der Waals surface area contributed by atoms with E-state index in [1.54, 1.807) is 19.1 Å². The van der Waals surface area contributed by atoms with Crippen molar-refractivity contribution in [1.82, 2.24) is 9.21 Å². The van der Waals surface area contributed by atoms with E-state index in [0.29, 0.717) is 44.1 Å². The lowest BCUT2D eigenvalue weighted by molar-refractivity contribution is -0.135. The number of nitrogens with zero attached hydrogens (tertiary/aromatic N) is 2. The first-order chi connectivity index (χ1) is 16.3. The van der Waals surface area contributed by atoms with Gasteiger partial charge in [-0.3, -0.25) is 4.79 Å². The predicted octanol–water partition coefficient (Wildman–Crippen LogP) is 2.23. The Hall–Kier alpha value is -3.11. The van der Waals surface area contributed by atoms with Crippen LogP contribution in [-0.4, -0.2) is 70.0 Å². The second-order valence-electron chi connectivity index (χ2n) is 8.26. The molecule has 2 aliphatic heterocycles. The number of esters is 1. The van der Waals surface area contributed by atoms with E-state index in [2.05, 4.69) is 0 Å². The highest BCUT2D eigenvalue weighted by molar-refractivity contribution is 7.89. The molecule has 0 atom stereocenters. The molecule has 0 spiro atoms. The molecule has 0 unspecified atom stereocenters. The highest BCUT2D eigenvalue weighted by atomic mass is 32.2. The molecule has 10 heteroatoms. The zero-order valence-electron chi connectivity index (χ0n) is 19.3. The summed E-state index contributed by atoms with van der Waals surface area (Å²) in [5.41, 5.74) is 2.12. The molecule has 2 aliphatic rings. The van der Waals surface area contributed by atoms with Gasteiger partial charge < -0.3 is 19.1 Å². The Labute approximate surface area is 199 Å². The molecule has 2 aromatic carbocycles. The van der Waals surface area contributed by atoms with Crippen LogP contribution in [0.4, 0.5) is 0 Å². The summed E-state index contributed by atoms with van der Waals surface area (Å²) in [4.78, 5) is 26.9. The van der Waals surface area contributed by atoms with E-state index in [4.69, 9.17) is 14.2 Å². The fourth-order valence-corrected chi connectivity index (χ4v) is 5.82. The summed E-state index contributed by atoms with van der Waals surface area (Å²) >= 11 is 0. The number of carbonyl (C=O) groups excluding carboxylic acids is 2. The molecule has 182 valence electrons. The average molecular weight is 489 g/mol. The Bertz CT molecular complexity index is 1190. The largest absolute Gasteiger partial charge is 0.493 e. The lowest BCUT2D eigenvalue weighted by Crippen LogP contribution is -2.38. The van der Waals surface area contributed by atoms with Crippen LogP contribution in [0.25, 0.3) is 0 Å². The van der Waals surface area contributed by atoms with Gasteiger partial charge >= 0.3 is 5.97 Å². The summed E-state index contributed by atoms with van der Waals surface area (Å²) in [7, 11) is -0.517. The second kappa shape index (κ2) is 10.0. The first-order valence-corrected chi connectivity index (χ1v) is 12.6. The molecule has 34 heavy (non-hydrogen) atoms. The van der Waals surface area contributed by atoms with Gasteiger partial charge in [0.1, 0.15) is 0 Å². The SMILES string of the molecule is COc1cc2c(cc1OC)CN(C(=O)COC(=O)c1cccc(S(=O)(=O)N3CCCC3)c1)CC2. The third-order valence-electron chi connectivity index (χ3n) is 6.17. The number of ether oxygens (including phenoxy) is 3. The minimum absolute atomic E-state index is 0.0483. The first kappa shape index (κ1) is 24.0. The van der Waals surface area contributed by atoms with E-state index in [9.17, 15) is 18.0 Å². The first-order valence-electron chi connectivity index (χ1n) is 11.1. The van der Waals surface area contributed by atoms with Crippen LogP contribution in [0.2, 0.25) is 0 Å². The van der Waals surface area contributed by atoms with Gasteiger partial charge in [0.2, 0.25) is 10.0 Å². The summed E-state index contributed by atoms with van der Waals surface area (Å²) in [5, 5.41) is 0. The van der Waals surface area contributed by atoms with Gasteiger partial charge in [-0.2, -0.15) is 4.31 Å². The molecule has 1 amide bonds. The lowest BCUT2D eigenvalue weighted by atomic mass is 9.99. The molecular weight excluding hydrogens is 460 g/mol. The number of hydrogen-bond acceptors (Lipinski definition) is 7. The maximum absolute atomic E-state index is 12.8. The number of benzene rings is 2. The summed E-state index contributed by atoms with van der Waals surface area (Å²) in [6.45, 7) is 1.38. The standard InChI is InChI=1S/C24H28N2O7S/c1-31-21-13-17-8-11-25(15-19(17)14-22(21)32-2)23(27)16-33-24(28)18-6-5-7-20(12-18)34(29,30)26-9-3-4-10-26/h5-7,12-14H,3-4,8-11,15-16H2,1-2H3. The number of fused-ring (bicyclic) bond motifs is 1. The van der Waals surface area contributed by atoms with Crippen LogP contribution in [0.3, 0.4) is 0 Å². The molecule has 0 N–H and O–H groups in total. The van der Waals surface area contributed by atoms with Crippen LogP contribution in [0.5, 0.6) is 11.5 Å². The minimum atomic E-state index is -3.65. The van der Waals surface area contributed by atoms with Crippen LogP contribution in [0, 0.1) is 0 Å². The zero-order chi connectivity index (χ0) is 24.3. The maximum Gasteiger partial charge on any atom is 0.338 e. The van der Waals surface area contributed by atoms with Crippen molar-refractivity contribution in [3.8, 4) is 11.5 Å². The van der Waals surface area contributed by atoms with Crippen molar-refractivity contribution in [2.45, 2.75) is 30.7 Å². The van der Waals surface area contributed by atoms with Crippen molar-refractivity contribution in [1.29, 1.82) is 0 Å². The molecule has 0 aliphatic carbocycles. The Morgan fingerprint density at radius 2 is 1.62 bits per heavy atom. The van der Waals surface area contributed by atoms with Crippen LogP contribution in [-0.2, 0) is 32.5 Å². The zero-order valence-corrected chi connectivity index (χ0v) is 20.1. The summed E-state index contributed by atoms with van der Waals surface area (Å²) in [5.74, 6) is 0.167. The molecule has 4 rings (SSSR count). The highest BCUT2D eigenvalue weighted by Gasteiger charge is 2.28. The van der Waals surface area contributed by atoms with E-state index >= 15 is 0 Å². The van der Waals surface area contributed by atoms with Crippen molar-refractivity contribution in [2.75, 3.05) is 40.5 Å². The summed E-state index contributed by atoms with van der Waals surface area (Å²) in [6, 6.07) is 9.52. The van der Waals surface area contributed by atoms with Crippen LogP contribution < -0.4 is 9.47 Å². The number of carbonyl (C=O) groups is 2. The number of methoxy groups -OCH3 is 2. The normalized spacial score (nSPS) is 16.1. The summed E-state index contributed by atoms with van der Waals surface area (Å²) in [6.07, 6.45) is 2.29. The Kier molecular flexibility index (Phi) is 7.08. The highest BCUT2D eigenvalue weighted by Crippen LogP contribution is 2.33. The van der Waals surface area contributed by atoms with Crippen LogP contribution >= 0.6 is 0 Å². The van der Waals surface area contributed by atoms with E-state index < -0.39 is 22.6 Å². The maximum atomic E-state index is 12.8. The van der Waals surface area contributed by atoms with Gasteiger partial charge in [-0.25, -0.2) is 13.2 Å². The molecule has 0 saturated carbocycles. The number of sulfonamides is 1. The number of hydrogen-bond donors (Lipinski definition) is 0. The van der Waals surface area contributed by atoms with E-state index in [0.717, 1.165) is 24.0 Å². The molecule has 0 radical (unpaired) electrons. The van der Waals surface area contributed by atoms with Crippen LogP contribution in [0.15, 0.2) is 41.3 Å². The smallest absolute Gasteiger partial charge is 0.338 e. The molecule has 1 saturated heterocycles. The quantitative estimate of drug-likeness (QED) is 0.551. The average Bonchev–Trinajstić information content (AvgIpc) is 3.42. The Morgan fingerprint density at radius 1 is 0.941 bits per heavy atom. The van der Waals surface area contributed by atoms with Crippen molar-refractivity contribution < 1.29 is 32.2 Å². The van der Waals surface area contributed by atoms with Gasteiger partial charge in [0, 0.05) is 26.2 Å². The Morgan fingerprint density at radius 3 is 2.29 bits per heavy atom. The molecule has 0 aromatic heterocycles. The topological polar surface area (TPSA) is 102 Å².